The zero-order valence-electron chi connectivity index (χ0n) is 10.1. The van der Waals surface area contributed by atoms with Gasteiger partial charge >= 0.3 is 5.97 Å². The molecule has 2 atom stereocenters. The van der Waals surface area contributed by atoms with Crippen molar-refractivity contribution in [1.82, 2.24) is 0 Å². The molecular weight excluding hydrogens is 222 g/mol. The molecule has 100 valence electrons. The molecule has 0 aliphatic heterocycles. The molecule has 0 aromatic heterocycles. The first-order valence-electron chi connectivity index (χ1n) is 5.95. The second-order valence-corrected chi connectivity index (χ2v) is 4.19. The molecular formula is C11H23N3O3. The zero-order chi connectivity index (χ0) is 13.3. The molecule has 0 aromatic rings. The monoisotopic (exact) mass is 245 g/mol. The Balaban J connectivity index is 3.81. The highest BCUT2D eigenvalue weighted by Gasteiger charge is 2.20. The topological polar surface area (TPSA) is 132 Å². The Morgan fingerprint density at radius 1 is 1.00 bits per heavy atom. The number of unbranched alkanes of at least 4 members (excludes halogenated alkanes) is 1. The number of aliphatic carboxylic acids is 1. The van der Waals surface area contributed by atoms with Gasteiger partial charge in [-0.25, -0.2) is 0 Å². The van der Waals surface area contributed by atoms with Crippen molar-refractivity contribution in [2.24, 2.45) is 17.2 Å². The van der Waals surface area contributed by atoms with Crippen molar-refractivity contribution in [2.45, 2.75) is 50.6 Å². The molecule has 0 radical (unpaired) electrons. The number of hydrogen-bond acceptors (Lipinski definition) is 5. The maximum absolute atomic E-state index is 11.7. The number of rotatable bonds is 10. The molecule has 17 heavy (non-hydrogen) atoms. The van der Waals surface area contributed by atoms with Gasteiger partial charge in [-0.1, -0.05) is 6.42 Å². The third-order valence-corrected chi connectivity index (χ3v) is 2.61. The Bertz CT molecular complexity index is 246. The lowest BCUT2D eigenvalue weighted by molar-refractivity contribution is -0.137. The van der Waals surface area contributed by atoms with E-state index in [1.54, 1.807) is 0 Å². The van der Waals surface area contributed by atoms with E-state index in [-0.39, 0.29) is 12.2 Å². The summed E-state index contributed by atoms with van der Waals surface area (Å²) in [5, 5.41) is 8.46. The van der Waals surface area contributed by atoms with E-state index in [1.165, 1.54) is 0 Å². The average Bonchev–Trinajstić information content (AvgIpc) is 2.27. The molecule has 0 heterocycles. The largest absolute Gasteiger partial charge is 0.481 e. The summed E-state index contributed by atoms with van der Waals surface area (Å²) in [6, 6.07) is -1.20. The van der Waals surface area contributed by atoms with Crippen molar-refractivity contribution in [3.8, 4) is 0 Å². The number of carbonyl (C=O) groups is 2. The molecule has 0 saturated carbocycles. The molecule has 0 aliphatic carbocycles. The van der Waals surface area contributed by atoms with Crippen LogP contribution in [0.2, 0.25) is 0 Å². The van der Waals surface area contributed by atoms with E-state index in [0.717, 1.165) is 12.8 Å². The predicted octanol–water partition coefficient (Wildman–Crippen LogP) is -0.406. The molecule has 0 saturated heterocycles. The Morgan fingerprint density at radius 2 is 1.53 bits per heavy atom. The minimum absolute atomic E-state index is 0.0311. The molecule has 0 amide bonds. The number of carbonyl (C=O) groups excluding carboxylic acids is 1. The second kappa shape index (κ2) is 9.09. The van der Waals surface area contributed by atoms with Crippen molar-refractivity contribution in [3.05, 3.63) is 0 Å². The third kappa shape index (κ3) is 7.84. The molecule has 7 N–H and O–H groups in total. The van der Waals surface area contributed by atoms with Gasteiger partial charge in [-0.2, -0.15) is 0 Å². The summed E-state index contributed by atoms with van der Waals surface area (Å²) >= 11 is 0. The van der Waals surface area contributed by atoms with E-state index < -0.39 is 18.1 Å². The molecule has 0 aromatic carbocycles. The highest BCUT2D eigenvalue weighted by Crippen LogP contribution is 2.05. The lowest BCUT2D eigenvalue weighted by atomic mass is 9.97. The van der Waals surface area contributed by atoms with Gasteiger partial charge in [0.25, 0.3) is 0 Å². The van der Waals surface area contributed by atoms with Crippen LogP contribution < -0.4 is 17.2 Å². The number of carboxylic acids is 1. The van der Waals surface area contributed by atoms with Gasteiger partial charge in [-0.3, -0.25) is 9.59 Å². The van der Waals surface area contributed by atoms with Crippen LogP contribution in [0.1, 0.15) is 38.5 Å². The van der Waals surface area contributed by atoms with Crippen LogP contribution in [0.3, 0.4) is 0 Å². The van der Waals surface area contributed by atoms with Gasteiger partial charge in [0, 0.05) is 6.42 Å². The third-order valence-electron chi connectivity index (χ3n) is 2.61. The van der Waals surface area contributed by atoms with E-state index in [9.17, 15) is 9.59 Å². The highest BCUT2D eigenvalue weighted by atomic mass is 16.4. The van der Waals surface area contributed by atoms with Gasteiger partial charge in [0.2, 0.25) is 0 Å². The first-order chi connectivity index (χ1) is 7.99. The molecule has 0 rings (SSSR count). The van der Waals surface area contributed by atoms with Gasteiger partial charge in [-0.15, -0.1) is 0 Å². The van der Waals surface area contributed by atoms with Crippen LogP contribution >= 0.6 is 0 Å². The van der Waals surface area contributed by atoms with Gasteiger partial charge in [-0.05, 0) is 32.2 Å². The summed E-state index contributed by atoms with van der Waals surface area (Å²) < 4.78 is 0. The smallest absolute Gasteiger partial charge is 0.303 e. The number of nitrogens with two attached hydrogens (primary N) is 3. The number of carboxylic acid groups (broad SMARTS) is 1. The Hall–Kier alpha value is -0.980. The summed E-state index contributed by atoms with van der Waals surface area (Å²) in [6.45, 7) is 0.589. The van der Waals surface area contributed by atoms with E-state index in [1.807, 2.05) is 0 Å². The second-order valence-electron chi connectivity index (χ2n) is 4.19. The normalized spacial score (nSPS) is 14.3. The van der Waals surface area contributed by atoms with Crippen LogP contribution in [-0.4, -0.2) is 35.5 Å². The van der Waals surface area contributed by atoms with Crippen molar-refractivity contribution in [2.75, 3.05) is 6.54 Å². The zero-order valence-corrected chi connectivity index (χ0v) is 10.1. The van der Waals surface area contributed by atoms with Gasteiger partial charge < -0.3 is 22.3 Å². The molecule has 1 unspecified atom stereocenters. The van der Waals surface area contributed by atoms with E-state index in [2.05, 4.69) is 0 Å². The Kier molecular flexibility index (Phi) is 8.57. The van der Waals surface area contributed by atoms with Gasteiger partial charge in [0.1, 0.15) is 0 Å². The number of Topliss-reactive ketones (excluding diaryl/α,β-unsaturated/α-hetero) is 1. The fourth-order valence-corrected chi connectivity index (χ4v) is 1.54. The molecule has 6 heteroatoms. The van der Waals surface area contributed by atoms with Gasteiger partial charge in [0.15, 0.2) is 5.78 Å². The van der Waals surface area contributed by atoms with E-state index in [4.69, 9.17) is 22.3 Å². The van der Waals surface area contributed by atoms with Crippen LogP contribution in [-0.2, 0) is 9.59 Å². The van der Waals surface area contributed by atoms with Crippen molar-refractivity contribution in [1.29, 1.82) is 0 Å². The molecule has 6 nitrogen and oxygen atoms in total. The SMILES string of the molecule is NCCCC[C@H](N)C(=O)C(N)CCCC(=O)O. The minimum Gasteiger partial charge on any atom is -0.481 e. The fourth-order valence-electron chi connectivity index (χ4n) is 1.54. The standard InChI is InChI=1S/C11H23N3O3/c12-7-2-1-4-8(13)11(17)9(14)5-3-6-10(15)16/h8-9H,1-7,12-14H2,(H,15,16)/t8-,9?/m0/s1. The number of hydrogen-bond donors (Lipinski definition) is 4. The van der Waals surface area contributed by atoms with Crippen molar-refractivity contribution < 1.29 is 14.7 Å². The van der Waals surface area contributed by atoms with Crippen LogP contribution in [0.4, 0.5) is 0 Å². The van der Waals surface area contributed by atoms with E-state index in [0.29, 0.717) is 25.8 Å². The summed E-state index contributed by atoms with van der Waals surface area (Å²) in [7, 11) is 0. The Morgan fingerprint density at radius 3 is 2.00 bits per heavy atom. The molecule has 0 fully saturated rings. The maximum atomic E-state index is 11.7. The summed E-state index contributed by atoms with van der Waals surface area (Å²) in [5.41, 5.74) is 16.7. The highest BCUT2D eigenvalue weighted by molar-refractivity contribution is 5.88. The number of ketones is 1. The van der Waals surface area contributed by atoms with Crippen molar-refractivity contribution in [3.63, 3.8) is 0 Å². The fraction of sp³-hybridized carbons (Fsp3) is 0.818. The van der Waals surface area contributed by atoms with Crippen LogP contribution in [0.5, 0.6) is 0 Å². The predicted molar refractivity (Wildman–Crippen MR) is 65.4 cm³/mol. The lowest BCUT2D eigenvalue weighted by Crippen LogP contribution is -2.43. The van der Waals surface area contributed by atoms with Crippen LogP contribution in [0.15, 0.2) is 0 Å². The van der Waals surface area contributed by atoms with Crippen LogP contribution in [0.25, 0.3) is 0 Å². The first-order valence-corrected chi connectivity index (χ1v) is 5.95. The quantitative estimate of drug-likeness (QED) is 0.387. The van der Waals surface area contributed by atoms with Gasteiger partial charge in [0.05, 0.1) is 12.1 Å². The Labute approximate surface area is 102 Å². The molecule has 0 aliphatic rings. The maximum Gasteiger partial charge on any atom is 0.303 e. The lowest BCUT2D eigenvalue weighted by Gasteiger charge is -2.15. The summed E-state index contributed by atoms with van der Waals surface area (Å²) in [4.78, 5) is 22.0. The summed E-state index contributed by atoms with van der Waals surface area (Å²) in [6.07, 6.45) is 3.04. The molecule has 0 spiro atoms. The summed E-state index contributed by atoms with van der Waals surface area (Å²) in [5.74, 6) is -1.07. The van der Waals surface area contributed by atoms with Crippen molar-refractivity contribution >= 4 is 11.8 Å². The van der Waals surface area contributed by atoms with Crippen LogP contribution in [0, 0.1) is 0 Å². The minimum atomic E-state index is -0.878. The van der Waals surface area contributed by atoms with E-state index >= 15 is 0 Å². The first kappa shape index (κ1) is 16.0. The molecule has 0 bridgehead atoms. The average molecular weight is 245 g/mol.